The van der Waals surface area contributed by atoms with Crippen molar-refractivity contribution in [2.24, 2.45) is 17.8 Å². The molecule has 0 aliphatic heterocycles. The van der Waals surface area contributed by atoms with Gasteiger partial charge in [0.15, 0.2) is 0 Å². The standard InChI is InChI=1S/C16H23N/c1-2-4-13(5-3-1)8-9-17-12-16-11-14-6-7-15(16)10-14/h1-5,14-17H,6-12H2. The number of benzene rings is 1. The first-order valence-corrected chi connectivity index (χ1v) is 7.16. The summed E-state index contributed by atoms with van der Waals surface area (Å²) >= 11 is 0. The zero-order valence-corrected chi connectivity index (χ0v) is 10.6. The molecule has 1 nitrogen and oxygen atoms in total. The van der Waals surface area contributed by atoms with Gasteiger partial charge >= 0.3 is 0 Å². The van der Waals surface area contributed by atoms with Crippen LogP contribution in [0.25, 0.3) is 0 Å². The number of hydrogen-bond acceptors (Lipinski definition) is 1. The van der Waals surface area contributed by atoms with Crippen LogP contribution in [0.2, 0.25) is 0 Å². The summed E-state index contributed by atoms with van der Waals surface area (Å²) in [7, 11) is 0. The van der Waals surface area contributed by atoms with Gasteiger partial charge in [0, 0.05) is 0 Å². The second-order valence-corrected chi connectivity index (χ2v) is 5.87. The lowest BCUT2D eigenvalue weighted by Gasteiger charge is -2.21. The molecule has 3 rings (SSSR count). The van der Waals surface area contributed by atoms with Gasteiger partial charge in [-0.05, 0) is 62.1 Å². The summed E-state index contributed by atoms with van der Waals surface area (Å²) in [6.07, 6.45) is 7.23. The zero-order valence-electron chi connectivity index (χ0n) is 10.6. The van der Waals surface area contributed by atoms with E-state index in [1.165, 1.54) is 44.2 Å². The molecule has 3 atom stereocenters. The van der Waals surface area contributed by atoms with E-state index in [2.05, 4.69) is 35.6 Å². The normalized spacial score (nSPS) is 30.9. The average Bonchev–Trinajstić information content (AvgIpc) is 2.98. The van der Waals surface area contributed by atoms with E-state index in [1.807, 2.05) is 0 Å². The van der Waals surface area contributed by atoms with Gasteiger partial charge in [-0.1, -0.05) is 36.8 Å². The third-order valence-electron chi connectivity index (χ3n) is 4.72. The maximum Gasteiger partial charge on any atom is -0.000823 e. The van der Waals surface area contributed by atoms with E-state index in [1.54, 1.807) is 0 Å². The number of hydrogen-bond donors (Lipinski definition) is 1. The molecule has 0 saturated heterocycles. The summed E-state index contributed by atoms with van der Waals surface area (Å²) < 4.78 is 0. The molecule has 1 N–H and O–H groups in total. The van der Waals surface area contributed by atoms with Crippen molar-refractivity contribution in [3.05, 3.63) is 35.9 Å². The first kappa shape index (κ1) is 11.3. The molecule has 92 valence electrons. The van der Waals surface area contributed by atoms with Crippen LogP contribution in [0.15, 0.2) is 30.3 Å². The highest BCUT2D eigenvalue weighted by Gasteiger charge is 2.38. The Morgan fingerprint density at radius 1 is 1.06 bits per heavy atom. The molecule has 0 heterocycles. The molecule has 0 radical (unpaired) electrons. The van der Waals surface area contributed by atoms with Gasteiger partial charge < -0.3 is 5.32 Å². The predicted octanol–water partition coefficient (Wildman–Crippen LogP) is 3.25. The molecule has 3 unspecified atom stereocenters. The molecule has 1 aromatic rings. The Hall–Kier alpha value is -0.820. The fourth-order valence-electron chi connectivity index (χ4n) is 3.79. The van der Waals surface area contributed by atoms with E-state index in [-0.39, 0.29) is 0 Å². The van der Waals surface area contributed by atoms with Gasteiger partial charge in [0.2, 0.25) is 0 Å². The van der Waals surface area contributed by atoms with Gasteiger partial charge in [-0.3, -0.25) is 0 Å². The van der Waals surface area contributed by atoms with Crippen LogP contribution in [0.3, 0.4) is 0 Å². The lowest BCUT2D eigenvalue weighted by atomic mass is 9.89. The number of rotatable bonds is 5. The van der Waals surface area contributed by atoms with Gasteiger partial charge in [-0.2, -0.15) is 0 Å². The second-order valence-electron chi connectivity index (χ2n) is 5.87. The van der Waals surface area contributed by atoms with Crippen molar-refractivity contribution in [1.82, 2.24) is 5.32 Å². The van der Waals surface area contributed by atoms with Crippen molar-refractivity contribution >= 4 is 0 Å². The molecule has 0 spiro atoms. The van der Waals surface area contributed by atoms with Crippen LogP contribution < -0.4 is 5.32 Å². The van der Waals surface area contributed by atoms with Crippen molar-refractivity contribution in [1.29, 1.82) is 0 Å². The second kappa shape index (κ2) is 5.22. The highest BCUT2D eigenvalue weighted by Crippen LogP contribution is 2.47. The molecule has 2 aliphatic rings. The summed E-state index contributed by atoms with van der Waals surface area (Å²) in [4.78, 5) is 0. The lowest BCUT2D eigenvalue weighted by Crippen LogP contribution is -2.28. The minimum Gasteiger partial charge on any atom is -0.316 e. The van der Waals surface area contributed by atoms with E-state index < -0.39 is 0 Å². The van der Waals surface area contributed by atoms with Crippen molar-refractivity contribution in [3.8, 4) is 0 Å². The minimum absolute atomic E-state index is 0.990. The van der Waals surface area contributed by atoms with E-state index >= 15 is 0 Å². The molecule has 1 heteroatoms. The molecule has 1 aromatic carbocycles. The van der Waals surface area contributed by atoms with Crippen molar-refractivity contribution < 1.29 is 0 Å². The Morgan fingerprint density at radius 3 is 2.65 bits per heavy atom. The van der Waals surface area contributed by atoms with Crippen LogP contribution in [0.1, 0.15) is 31.2 Å². The average molecular weight is 229 g/mol. The Bertz CT molecular complexity index is 346. The van der Waals surface area contributed by atoms with Crippen molar-refractivity contribution in [3.63, 3.8) is 0 Å². The van der Waals surface area contributed by atoms with Crippen LogP contribution in [0.5, 0.6) is 0 Å². The smallest absolute Gasteiger partial charge is 0.000823 e. The first-order chi connectivity index (χ1) is 8.42. The fraction of sp³-hybridized carbons (Fsp3) is 0.625. The van der Waals surface area contributed by atoms with Gasteiger partial charge in [0.05, 0.1) is 0 Å². The zero-order chi connectivity index (χ0) is 11.5. The highest BCUT2D eigenvalue weighted by molar-refractivity contribution is 5.14. The molecule has 0 aromatic heterocycles. The molecule has 2 bridgehead atoms. The van der Waals surface area contributed by atoms with Gasteiger partial charge in [0.1, 0.15) is 0 Å². The van der Waals surface area contributed by atoms with E-state index in [0.29, 0.717) is 0 Å². The monoisotopic (exact) mass is 229 g/mol. The number of nitrogens with one attached hydrogen (secondary N) is 1. The number of fused-ring (bicyclic) bond motifs is 2. The Balaban J connectivity index is 1.36. The van der Waals surface area contributed by atoms with Crippen LogP contribution in [-0.4, -0.2) is 13.1 Å². The summed E-state index contributed by atoms with van der Waals surface area (Å²) in [6, 6.07) is 10.8. The summed E-state index contributed by atoms with van der Waals surface area (Å²) in [5.41, 5.74) is 1.45. The van der Waals surface area contributed by atoms with Crippen molar-refractivity contribution in [2.45, 2.75) is 32.1 Å². The lowest BCUT2D eigenvalue weighted by molar-refractivity contribution is 0.320. The third-order valence-corrected chi connectivity index (χ3v) is 4.72. The fourth-order valence-corrected chi connectivity index (χ4v) is 3.79. The minimum atomic E-state index is 0.990. The molecule has 17 heavy (non-hydrogen) atoms. The van der Waals surface area contributed by atoms with Crippen molar-refractivity contribution in [2.75, 3.05) is 13.1 Å². The maximum absolute atomic E-state index is 3.66. The molecular weight excluding hydrogens is 206 g/mol. The quantitative estimate of drug-likeness (QED) is 0.764. The summed E-state index contributed by atoms with van der Waals surface area (Å²) in [6.45, 7) is 2.39. The highest BCUT2D eigenvalue weighted by atomic mass is 14.9. The summed E-state index contributed by atoms with van der Waals surface area (Å²) in [5, 5.41) is 3.66. The predicted molar refractivity (Wildman–Crippen MR) is 72.0 cm³/mol. The maximum atomic E-state index is 3.66. The topological polar surface area (TPSA) is 12.0 Å². The van der Waals surface area contributed by atoms with Crippen LogP contribution in [0.4, 0.5) is 0 Å². The Labute approximate surface area is 105 Å². The van der Waals surface area contributed by atoms with Gasteiger partial charge in [0.25, 0.3) is 0 Å². The SMILES string of the molecule is c1ccc(CCNCC2CC3CCC2C3)cc1. The Morgan fingerprint density at radius 2 is 1.94 bits per heavy atom. The molecule has 0 amide bonds. The van der Waals surface area contributed by atoms with E-state index in [0.717, 1.165) is 24.3 Å². The molecular formula is C16H23N. The van der Waals surface area contributed by atoms with E-state index in [4.69, 9.17) is 0 Å². The first-order valence-electron chi connectivity index (χ1n) is 7.16. The Kier molecular flexibility index (Phi) is 3.46. The van der Waals surface area contributed by atoms with Gasteiger partial charge in [-0.15, -0.1) is 0 Å². The van der Waals surface area contributed by atoms with Gasteiger partial charge in [-0.25, -0.2) is 0 Å². The molecule has 2 saturated carbocycles. The molecule has 2 fully saturated rings. The van der Waals surface area contributed by atoms with Crippen LogP contribution in [0, 0.1) is 17.8 Å². The summed E-state index contributed by atoms with van der Waals surface area (Å²) in [5.74, 6) is 3.13. The van der Waals surface area contributed by atoms with E-state index in [9.17, 15) is 0 Å². The largest absolute Gasteiger partial charge is 0.316 e. The molecule has 2 aliphatic carbocycles. The third kappa shape index (κ3) is 2.71. The van der Waals surface area contributed by atoms with Crippen LogP contribution in [-0.2, 0) is 6.42 Å². The van der Waals surface area contributed by atoms with Crippen LogP contribution >= 0.6 is 0 Å².